The summed E-state index contributed by atoms with van der Waals surface area (Å²) in [6, 6.07) is 7.12. The third kappa shape index (κ3) is 4.44. The molecule has 0 spiro atoms. The van der Waals surface area contributed by atoms with Crippen LogP contribution in [0, 0.1) is 5.92 Å². The van der Waals surface area contributed by atoms with Gasteiger partial charge in [-0.2, -0.15) is 0 Å². The molecule has 0 fully saturated rings. The summed E-state index contributed by atoms with van der Waals surface area (Å²) in [6.07, 6.45) is -0.505. The van der Waals surface area contributed by atoms with Gasteiger partial charge in [-0.3, -0.25) is 4.79 Å². The van der Waals surface area contributed by atoms with E-state index in [9.17, 15) is 9.90 Å². The number of hydrogen-bond donors (Lipinski definition) is 2. The molecule has 0 aliphatic carbocycles. The fraction of sp³-hybridized carbons (Fsp3) is 0.462. The summed E-state index contributed by atoms with van der Waals surface area (Å²) in [5.41, 5.74) is 0.672. The second-order valence-electron chi connectivity index (χ2n) is 4.30. The van der Waals surface area contributed by atoms with Crippen molar-refractivity contribution in [1.82, 2.24) is 0 Å². The Morgan fingerprint density at radius 3 is 2.76 bits per heavy atom. The Kier molecular flexibility index (Phi) is 4.97. The van der Waals surface area contributed by atoms with E-state index in [2.05, 4.69) is 5.32 Å². The molecule has 4 nitrogen and oxygen atoms in total. The van der Waals surface area contributed by atoms with Crippen LogP contribution in [0.5, 0.6) is 5.75 Å². The van der Waals surface area contributed by atoms with Crippen molar-refractivity contribution in [2.24, 2.45) is 5.92 Å². The maximum absolute atomic E-state index is 11.6. The first kappa shape index (κ1) is 13.5. The number of rotatable bonds is 5. The van der Waals surface area contributed by atoms with Crippen LogP contribution in [0.4, 0.5) is 5.69 Å². The number of ether oxygens (including phenoxy) is 1. The van der Waals surface area contributed by atoms with Crippen molar-refractivity contribution < 1.29 is 14.6 Å². The largest absolute Gasteiger partial charge is 0.497 e. The number of aliphatic hydroxyl groups excluding tert-OH is 1. The number of carbonyl (C=O) groups is 1. The number of aliphatic hydroxyl groups is 1. The molecule has 1 rings (SSSR count). The monoisotopic (exact) mass is 237 g/mol. The molecule has 0 aliphatic heterocycles. The second-order valence-corrected chi connectivity index (χ2v) is 4.30. The molecule has 1 unspecified atom stereocenters. The third-order valence-electron chi connectivity index (χ3n) is 2.52. The predicted molar refractivity (Wildman–Crippen MR) is 67.1 cm³/mol. The van der Waals surface area contributed by atoms with E-state index in [1.165, 1.54) is 0 Å². The lowest BCUT2D eigenvalue weighted by atomic mass is 10.0. The van der Waals surface area contributed by atoms with Crippen LogP contribution in [0.15, 0.2) is 24.3 Å². The molecule has 1 aromatic rings. The van der Waals surface area contributed by atoms with E-state index in [0.29, 0.717) is 11.4 Å². The molecule has 0 bridgehead atoms. The Hall–Kier alpha value is -1.55. The Labute approximate surface area is 102 Å². The van der Waals surface area contributed by atoms with Gasteiger partial charge in [-0.15, -0.1) is 0 Å². The number of hydrogen-bond acceptors (Lipinski definition) is 3. The normalized spacial score (nSPS) is 12.3. The highest BCUT2D eigenvalue weighted by Gasteiger charge is 2.14. The van der Waals surface area contributed by atoms with Gasteiger partial charge in [0, 0.05) is 11.8 Å². The minimum Gasteiger partial charge on any atom is -0.497 e. The minimum atomic E-state index is -0.611. The van der Waals surface area contributed by atoms with E-state index < -0.39 is 6.10 Å². The summed E-state index contributed by atoms with van der Waals surface area (Å²) in [7, 11) is 1.57. The average Bonchev–Trinajstić information content (AvgIpc) is 2.28. The zero-order valence-corrected chi connectivity index (χ0v) is 10.4. The molecule has 0 saturated heterocycles. The Morgan fingerprint density at radius 1 is 1.47 bits per heavy atom. The van der Waals surface area contributed by atoms with Crippen molar-refractivity contribution in [1.29, 1.82) is 0 Å². The number of nitrogens with one attached hydrogen (secondary N) is 1. The van der Waals surface area contributed by atoms with Gasteiger partial charge in [0.2, 0.25) is 5.91 Å². The molecule has 2 N–H and O–H groups in total. The van der Waals surface area contributed by atoms with Crippen LogP contribution in [0.2, 0.25) is 0 Å². The Morgan fingerprint density at radius 2 is 2.18 bits per heavy atom. The second kappa shape index (κ2) is 6.25. The van der Waals surface area contributed by atoms with Gasteiger partial charge in [0.1, 0.15) is 5.75 Å². The van der Waals surface area contributed by atoms with Crippen molar-refractivity contribution in [2.45, 2.75) is 26.4 Å². The summed E-state index contributed by atoms with van der Waals surface area (Å²) in [5, 5.41) is 12.3. The van der Waals surface area contributed by atoms with E-state index in [-0.39, 0.29) is 18.2 Å². The first-order valence-corrected chi connectivity index (χ1v) is 5.65. The number of amides is 1. The van der Waals surface area contributed by atoms with Gasteiger partial charge in [-0.05, 0) is 18.1 Å². The Balaban J connectivity index is 2.55. The van der Waals surface area contributed by atoms with Crippen LogP contribution in [0.3, 0.4) is 0 Å². The lowest BCUT2D eigenvalue weighted by Gasteiger charge is -2.14. The summed E-state index contributed by atoms with van der Waals surface area (Å²) < 4.78 is 5.06. The number of carbonyl (C=O) groups excluding carboxylic acids is 1. The highest BCUT2D eigenvalue weighted by Crippen LogP contribution is 2.17. The molecule has 1 amide bonds. The molecule has 0 heterocycles. The van der Waals surface area contributed by atoms with Gasteiger partial charge in [-0.25, -0.2) is 0 Å². The van der Waals surface area contributed by atoms with Crippen LogP contribution in [0.25, 0.3) is 0 Å². The minimum absolute atomic E-state index is 0.0751. The molecular formula is C13H19NO3. The van der Waals surface area contributed by atoms with Gasteiger partial charge >= 0.3 is 0 Å². The van der Waals surface area contributed by atoms with Gasteiger partial charge in [-0.1, -0.05) is 19.9 Å². The molecule has 0 aromatic heterocycles. The van der Waals surface area contributed by atoms with Gasteiger partial charge in [0.15, 0.2) is 0 Å². The fourth-order valence-electron chi connectivity index (χ4n) is 1.34. The maximum Gasteiger partial charge on any atom is 0.226 e. The van der Waals surface area contributed by atoms with E-state index in [0.717, 1.165) is 0 Å². The van der Waals surface area contributed by atoms with E-state index in [4.69, 9.17) is 4.74 Å². The van der Waals surface area contributed by atoms with E-state index in [1.54, 1.807) is 31.4 Å². The van der Waals surface area contributed by atoms with Gasteiger partial charge in [0.05, 0.1) is 19.6 Å². The highest BCUT2D eigenvalue weighted by molar-refractivity contribution is 5.91. The fourth-order valence-corrected chi connectivity index (χ4v) is 1.34. The average molecular weight is 237 g/mol. The topological polar surface area (TPSA) is 58.6 Å². The molecule has 17 heavy (non-hydrogen) atoms. The molecule has 0 radical (unpaired) electrons. The van der Waals surface area contributed by atoms with Crippen molar-refractivity contribution in [3.63, 3.8) is 0 Å². The zero-order valence-electron chi connectivity index (χ0n) is 10.4. The van der Waals surface area contributed by atoms with Crippen LogP contribution in [0.1, 0.15) is 20.3 Å². The summed E-state index contributed by atoms with van der Waals surface area (Å²) in [6.45, 7) is 3.76. The SMILES string of the molecule is COc1cccc(NC(=O)CC(O)C(C)C)c1. The summed E-state index contributed by atoms with van der Waals surface area (Å²) in [5.74, 6) is 0.567. The molecule has 4 heteroatoms. The molecule has 94 valence electrons. The maximum atomic E-state index is 11.6. The lowest BCUT2D eigenvalue weighted by Crippen LogP contribution is -2.23. The van der Waals surface area contributed by atoms with Crippen LogP contribution in [-0.2, 0) is 4.79 Å². The van der Waals surface area contributed by atoms with E-state index >= 15 is 0 Å². The number of anilines is 1. The molecule has 1 aromatic carbocycles. The predicted octanol–water partition coefficient (Wildman–Crippen LogP) is 2.04. The quantitative estimate of drug-likeness (QED) is 0.824. The van der Waals surface area contributed by atoms with Crippen molar-refractivity contribution in [2.75, 3.05) is 12.4 Å². The number of methoxy groups -OCH3 is 1. The summed E-state index contributed by atoms with van der Waals surface area (Å²) >= 11 is 0. The van der Waals surface area contributed by atoms with Crippen molar-refractivity contribution in [3.05, 3.63) is 24.3 Å². The van der Waals surface area contributed by atoms with Crippen molar-refractivity contribution in [3.8, 4) is 5.75 Å². The van der Waals surface area contributed by atoms with Crippen LogP contribution in [-0.4, -0.2) is 24.2 Å². The van der Waals surface area contributed by atoms with Crippen LogP contribution >= 0.6 is 0 Å². The highest BCUT2D eigenvalue weighted by atomic mass is 16.5. The van der Waals surface area contributed by atoms with E-state index in [1.807, 2.05) is 13.8 Å². The Bertz CT molecular complexity index is 377. The first-order chi connectivity index (χ1) is 8.02. The van der Waals surface area contributed by atoms with Crippen LogP contribution < -0.4 is 10.1 Å². The smallest absolute Gasteiger partial charge is 0.226 e. The van der Waals surface area contributed by atoms with Crippen molar-refractivity contribution >= 4 is 11.6 Å². The summed E-state index contributed by atoms with van der Waals surface area (Å²) in [4.78, 5) is 11.6. The first-order valence-electron chi connectivity index (χ1n) is 5.65. The van der Waals surface area contributed by atoms with Gasteiger partial charge in [0.25, 0.3) is 0 Å². The molecule has 1 atom stereocenters. The molecule has 0 aliphatic rings. The van der Waals surface area contributed by atoms with Gasteiger partial charge < -0.3 is 15.2 Å². The third-order valence-corrected chi connectivity index (χ3v) is 2.52. The number of benzene rings is 1. The zero-order chi connectivity index (χ0) is 12.8. The standard InChI is InChI=1S/C13H19NO3/c1-9(2)12(15)8-13(16)14-10-5-4-6-11(7-10)17-3/h4-7,9,12,15H,8H2,1-3H3,(H,14,16). The lowest BCUT2D eigenvalue weighted by molar-refractivity contribution is -0.118. The molecule has 0 saturated carbocycles. The molecular weight excluding hydrogens is 218 g/mol.